The normalized spacial score (nSPS) is 17.3. The van der Waals surface area contributed by atoms with Gasteiger partial charge in [-0.25, -0.2) is 0 Å². The summed E-state index contributed by atoms with van der Waals surface area (Å²) < 4.78 is 11.4. The van der Waals surface area contributed by atoms with Gasteiger partial charge in [-0.3, -0.25) is 4.79 Å². The summed E-state index contributed by atoms with van der Waals surface area (Å²) in [6.45, 7) is 1.87. The van der Waals surface area contributed by atoms with Crippen molar-refractivity contribution in [3.8, 4) is 11.5 Å². The fourth-order valence-electron chi connectivity index (χ4n) is 3.05. The van der Waals surface area contributed by atoms with Crippen LogP contribution in [0.3, 0.4) is 0 Å². The highest BCUT2D eigenvalue weighted by Gasteiger charge is 2.19. The molecule has 2 aromatic rings. The zero-order valence-corrected chi connectivity index (χ0v) is 15.2. The van der Waals surface area contributed by atoms with Gasteiger partial charge in [-0.1, -0.05) is 36.4 Å². The van der Waals surface area contributed by atoms with Gasteiger partial charge in [0.25, 0.3) is 0 Å². The number of benzene rings is 2. The number of hydrogen-bond donors (Lipinski definition) is 2. The standard InChI is InChI=1S/C21H26N2O3/c1-25-19-11-10-17(14-23-18-9-5-6-12-22-21(18)24)13-20(19)26-15-16-7-3-2-4-8-16/h2-4,7-8,10-11,13,18,23H,5-6,9,12,14-15H2,1H3,(H,22,24)/t18-/m1/s1. The molecule has 0 bridgehead atoms. The SMILES string of the molecule is COc1ccc(CN[C@@H]2CCCCNC2=O)cc1OCc1ccccc1. The second kappa shape index (κ2) is 9.25. The Morgan fingerprint density at radius 1 is 1.08 bits per heavy atom. The third kappa shape index (κ3) is 4.99. The van der Waals surface area contributed by atoms with Crippen molar-refractivity contribution < 1.29 is 14.3 Å². The summed E-state index contributed by atoms with van der Waals surface area (Å²) in [4.78, 5) is 12.0. The van der Waals surface area contributed by atoms with Gasteiger partial charge in [0.05, 0.1) is 13.2 Å². The quantitative estimate of drug-likeness (QED) is 0.802. The maximum atomic E-state index is 12.0. The topological polar surface area (TPSA) is 59.6 Å². The molecule has 0 unspecified atom stereocenters. The van der Waals surface area contributed by atoms with E-state index in [4.69, 9.17) is 9.47 Å². The molecule has 3 rings (SSSR count). The first-order valence-electron chi connectivity index (χ1n) is 9.11. The van der Waals surface area contributed by atoms with Crippen LogP contribution >= 0.6 is 0 Å². The van der Waals surface area contributed by atoms with Crippen LogP contribution in [0, 0.1) is 0 Å². The average molecular weight is 354 g/mol. The van der Waals surface area contributed by atoms with E-state index in [9.17, 15) is 4.79 Å². The van der Waals surface area contributed by atoms with Gasteiger partial charge in [0, 0.05) is 13.1 Å². The molecule has 2 N–H and O–H groups in total. The van der Waals surface area contributed by atoms with Crippen LogP contribution in [0.15, 0.2) is 48.5 Å². The molecule has 0 aliphatic carbocycles. The zero-order chi connectivity index (χ0) is 18.2. The molecule has 2 aromatic carbocycles. The van der Waals surface area contributed by atoms with Gasteiger partial charge >= 0.3 is 0 Å². The minimum absolute atomic E-state index is 0.0940. The number of hydrogen-bond acceptors (Lipinski definition) is 4. The molecule has 26 heavy (non-hydrogen) atoms. The Morgan fingerprint density at radius 2 is 1.92 bits per heavy atom. The van der Waals surface area contributed by atoms with Crippen LogP contribution in [0.1, 0.15) is 30.4 Å². The Morgan fingerprint density at radius 3 is 2.73 bits per heavy atom. The Kier molecular flexibility index (Phi) is 6.50. The minimum Gasteiger partial charge on any atom is -0.493 e. The summed E-state index contributed by atoms with van der Waals surface area (Å²) in [5.74, 6) is 1.51. The highest BCUT2D eigenvalue weighted by Crippen LogP contribution is 2.29. The molecule has 0 aromatic heterocycles. The van der Waals surface area contributed by atoms with Gasteiger partial charge in [0.2, 0.25) is 5.91 Å². The van der Waals surface area contributed by atoms with Crippen molar-refractivity contribution in [1.82, 2.24) is 10.6 Å². The Hall–Kier alpha value is -2.53. The van der Waals surface area contributed by atoms with Crippen molar-refractivity contribution in [3.05, 3.63) is 59.7 Å². The second-order valence-electron chi connectivity index (χ2n) is 6.48. The van der Waals surface area contributed by atoms with Crippen molar-refractivity contribution in [1.29, 1.82) is 0 Å². The smallest absolute Gasteiger partial charge is 0.237 e. The summed E-state index contributed by atoms with van der Waals surface area (Å²) >= 11 is 0. The van der Waals surface area contributed by atoms with Gasteiger partial charge in [0.1, 0.15) is 6.61 Å². The van der Waals surface area contributed by atoms with Crippen molar-refractivity contribution in [2.75, 3.05) is 13.7 Å². The Labute approximate surface area is 154 Å². The van der Waals surface area contributed by atoms with E-state index >= 15 is 0 Å². The molecule has 138 valence electrons. The highest BCUT2D eigenvalue weighted by molar-refractivity contribution is 5.81. The highest BCUT2D eigenvalue weighted by atomic mass is 16.5. The first-order valence-corrected chi connectivity index (χ1v) is 9.11. The van der Waals surface area contributed by atoms with E-state index in [1.165, 1.54) is 0 Å². The molecular weight excluding hydrogens is 328 g/mol. The number of methoxy groups -OCH3 is 1. The lowest BCUT2D eigenvalue weighted by Crippen LogP contribution is -2.42. The van der Waals surface area contributed by atoms with Crippen LogP contribution in [-0.2, 0) is 17.9 Å². The molecule has 1 aliphatic rings. The van der Waals surface area contributed by atoms with Crippen molar-refractivity contribution in [2.24, 2.45) is 0 Å². The molecule has 0 spiro atoms. The lowest BCUT2D eigenvalue weighted by atomic mass is 10.1. The Balaban J connectivity index is 1.63. The lowest BCUT2D eigenvalue weighted by molar-refractivity contribution is -0.122. The number of ether oxygens (including phenoxy) is 2. The number of nitrogens with one attached hydrogen (secondary N) is 2. The van der Waals surface area contributed by atoms with Gasteiger partial charge in [-0.2, -0.15) is 0 Å². The lowest BCUT2D eigenvalue weighted by Gasteiger charge is -2.16. The molecule has 0 radical (unpaired) electrons. The number of rotatable bonds is 7. The maximum Gasteiger partial charge on any atom is 0.237 e. The predicted octanol–water partition coefficient (Wildman–Crippen LogP) is 3.03. The van der Waals surface area contributed by atoms with E-state index in [-0.39, 0.29) is 11.9 Å². The molecule has 1 amide bonds. The molecule has 1 atom stereocenters. The van der Waals surface area contributed by atoms with E-state index < -0.39 is 0 Å². The van der Waals surface area contributed by atoms with E-state index in [0.717, 1.165) is 36.9 Å². The van der Waals surface area contributed by atoms with Crippen LogP contribution < -0.4 is 20.1 Å². The van der Waals surface area contributed by atoms with E-state index in [0.29, 0.717) is 24.7 Å². The largest absolute Gasteiger partial charge is 0.493 e. The fraction of sp³-hybridized carbons (Fsp3) is 0.381. The summed E-state index contributed by atoms with van der Waals surface area (Å²) in [6.07, 6.45) is 2.98. The van der Waals surface area contributed by atoms with Crippen molar-refractivity contribution in [2.45, 2.75) is 38.5 Å². The van der Waals surface area contributed by atoms with Gasteiger partial charge in [-0.05, 0) is 42.5 Å². The number of carbonyl (C=O) groups excluding carboxylic acids is 1. The molecule has 1 heterocycles. The molecule has 5 heteroatoms. The fourth-order valence-corrected chi connectivity index (χ4v) is 3.05. The van der Waals surface area contributed by atoms with Crippen LogP contribution in [0.5, 0.6) is 11.5 Å². The molecule has 1 aliphatic heterocycles. The summed E-state index contributed by atoms with van der Waals surface area (Å²) in [6, 6.07) is 15.8. The predicted molar refractivity (Wildman–Crippen MR) is 101 cm³/mol. The van der Waals surface area contributed by atoms with Crippen molar-refractivity contribution in [3.63, 3.8) is 0 Å². The minimum atomic E-state index is -0.131. The third-order valence-electron chi connectivity index (χ3n) is 4.55. The summed E-state index contributed by atoms with van der Waals surface area (Å²) in [5, 5.41) is 6.31. The van der Waals surface area contributed by atoms with Crippen LogP contribution in [0.2, 0.25) is 0 Å². The molecule has 0 saturated carbocycles. The van der Waals surface area contributed by atoms with E-state index in [1.807, 2.05) is 48.5 Å². The van der Waals surface area contributed by atoms with E-state index in [2.05, 4.69) is 10.6 Å². The monoisotopic (exact) mass is 354 g/mol. The van der Waals surface area contributed by atoms with Crippen molar-refractivity contribution >= 4 is 5.91 Å². The first kappa shape index (κ1) is 18.3. The van der Waals surface area contributed by atoms with Crippen LogP contribution in [0.25, 0.3) is 0 Å². The van der Waals surface area contributed by atoms with E-state index in [1.54, 1.807) is 7.11 Å². The number of carbonyl (C=O) groups is 1. The average Bonchev–Trinajstić information content (AvgIpc) is 2.89. The summed E-state index contributed by atoms with van der Waals surface area (Å²) in [7, 11) is 1.64. The van der Waals surface area contributed by atoms with Gasteiger partial charge in [0.15, 0.2) is 11.5 Å². The van der Waals surface area contributed by atoms with Gasteiger partial charge in [-0.15, -0.1) is 0 Å². The summed E-state index contributed by atoms with van der Waals surface area (Å²) in [5.41, 5.74) is 2.17. The maximum absolute atomic E-state index is 12.0. The molecule has 1 saturated heterocycles. The van der Waals surface area contributed by atoms with Crippen LogP contribution in [0.4, 0.5) is 0 Å². The molecule has 5 nitrogen and oxygen atoms in total. The Bertz CT molecular complexity index is 718. The third-order valence-corrected chi connectivity index (χ3v) is 4.55. The van der Waals surface area contributed by atoms with Crippen LogP contribution in [-0.4, -0.2) is 25.6 Å². The molecule has 1 fully saturated rings. The second-order valence-corrected chi connectivity index (χ2v) is 6.48. The number of amides is 1. The zero-order valence-electron chi connectivity index (χ0n) is 15.2. The van der Waals surface area contributed by atoms with Gasteiger partial charge < -0.3 is 20.1 Å². The first-order chi connectivity index (χ1) is 12.8. The molecular formula is C21H26N2O3.